The second-order valence-electron chi connectivity index (χ2n) is 6.74. The van der Waals surface area contributed by atoms with Crippen molar-refractivity contribution < 1.29 is 9.53 Å². The smallest absolute Gasteiger partial charge is 0.262 e. The third-order valence-electron chi connectivity index (χ3n) is 4.73. The van der Waals surface area contributed by atoms with Gasteiger partial charge in [-0.15, -0.1) is 0 Å². The maximum Gasteiger partial charge on any atom is 0.262 e. The van der Waals surface area contributed by atoms with E-state index in [0.29, 0.717) is 17.2 Å². The van der Waals surface area contributed by atoms with Crippen LogP contribution in [0.3, 0.4) is 0 Å². The Labute approximate surface area is 189 Å². The Balaban J connectivity index is 1.76. The first kappa shape index (κ1) is 20.5. The third kappa shape index (κ3) is 4.20. The van der Waals surface area contributed by atoms with Crippen molar-refractivity contribution in [3.05, 3.63) is 105 Å². The van der Waals surface area contributed by atoms with Crippen LogP contribution in [0.15, 0.2) is 88.9 Å². The number of hydrogen-bond donors (Lipinski definition) is 0. The monoisotopic (exact) mass is 479 g/mol. The van der Waals surface area contributed by atoms with Crippen molar-refractivity contribution in [2.45, 2.75) is 6.92 Å². The number of anilines is 1. The molecule has 0 saturated heterocycles. The Morgan fingerprint density at radius 2 is 1.77 bits per heavy atom. The van der Waals surface area contributed by atoms with Crippen LogP contribution in [0.4, 0.5) is 5.69 Å². The zero-order chi connectivity index (χ0) is 21.1. The van der Waals surface area contributed by atoms with E-state index in [2.05, 4.69) is 15.9 Å². The van der Waals surface area contributed by atoms with Crippen molar-refractivity contribution in [2.24, 2.45) is 0 Å². The lowest BCUT2D eigenvalue weighted by molar-refractivity contribution is -0.113. The van der Waals surface area contributed by atoms with Crippen LogP contribution < -0.4 is 9.64 Å². The van der Waals surface area contributed by atoms with Gasteiger partial charge in [0.1, 0.15) is 5.75 Å². The summed E-state index contributed by atoms with van der Waals surface area (Å²) < 4.78 is 6.29. The molecule has 0 bridgehead atoms. The first-order valence-electron chi connectivity index (χ1n) is 9.58. The Hall–Kier alpha value is -2.82. The number of carbonyl (C=O) groups excluding carboxylic acids is 1. The molecule has 0 radical (unpaired) electrons. The molecule has 0 saturated carbocycles. The molecule has 1 aliphatic heterocycles. The molecular formula is C25H19BrClNO2. The molecule has 0 aromatic heterocycles. The molecule has 0 atom stereocenters. The highest BCUT2D eigenvalue weighted by Gasteiger charge is 2.30. The number of halogens is 2. The van der Waals surface area contributed by atoms with Crippen molar-refractivity contribution in [3.63, 3.8) is 0 Å². The molecule has 1 amide bonds. The number of rotatable bonds is 5. The van der Waals surface area contributed by atoms with Gasteiger partial charge in [-0.05, 0) is 76.5 Å². The van der Waals surface area contributed by atoms with Crippen molar-refractivity contribution in [1.29, 1.82) is 0 Å². The number of carbonyl (C=O) groups is 1. The second kappa shape index (κ2) is 8.90. The standard InChI is InChI=1S/C25H19BrClNO2/c1-2-30-21-11-8-17(9-12-21)14-19-15-24(18-6-4-3-5-7-18)28(25(19)29)20-10-13-22(26)23(27)16-20/h3-16H,2H2,1H3/b19-14+. The van der Waals surface area contributed by atoms with E-state index >= 15 is 0 Å². The lowest BCUT2D eigenvalue weighted by atomic mass is 10.1. The molecule has 0 spiro atoms. The van der Waals surface area contributed by atoms with Gasteiger partial charge < -0.3 is 4.74 Å². The summed E-state index contributed by atoms with van der Waals surface area (Å²) in [5.41, 5.74) is 4.03. The van der Waals surface area contributed by atoms with Gasteiger partial charge in [0.2, 0.25) is 0 Å². The molecule has 150 valence electrons. The van der Waals surface area contributed by atoms with Crippen LogP contribution in [-0.4, -0.2) is 12.5 Å². The average molecular weight is 481 g/mol. The van der Waals surface area contributed by atoms with E-state index in [1.165, 1.54) is 0 Å². The quantitative estimate of drug-likeness (QED) is 0.369. The SMILES string of the molecule is CCOc1ccc(/C=C2\C=C(c3ccccc3)N(c3ccc(Br)c(Cl)c3)C2=O)cc1. The molecule has 30 heavy (non-hydrogen) atoms. The van der Waals surface area contributed by atoms with E-state index in [9.17, 15) is 4.79 Å². The molecule has 1 heterocycles. The fraction of sp³-hybridized carbons (Fsp3) is 0.0800. The van der Waals surface area contributed by atoms with E-state index in [4.69, 9.17) is 16.3 Å². The summed E-state index contributed by atoms with van der Waals surface area (Å²) in [6.45, 7) is 2.57. The van der Waals surface area contributed by atoms with Crippen LogP contribution >= 0.6 is 27.5 Å². The van der Waals surface area contributed by atoms with E-state index < -0.39 is 0 Å². The second-order valence-corrected chi connectivity index (χ2v) is 8.00. The molecule has 5 heteroatoms. The summed E-state index contributed by atoms with van der Waals surface area (Å²) in [6.07, 6.45) is 3.81. The average Bonchev–Trinajstić information content (AvgIpc) is 3.08. The molecular weight excluding hydrogens is 462 g/mol. The first-order valence-corrected chi connectivity index (χ1v) is 10.7. The van der Waals surface area contributed by atoms with E-state index in [-0.39, 0.29) is 5.91 Å². The Bertz CT molecular complexity index is 1140. The van der Waals surface area contributed by atoms with Gasteiger partial charge in [0.15, 0.2) is 0 Å². The van der Waals surface area contributed by atoms with Crippen molar-refractivity contribution in [2.75, 3.05) is 11.5 Å². The highest BCUT2D eigenvalue weighted by atomic mass is 79.9. The maximum absolute atomic E-state index is 13.4. The van der Waals surface area contributed by atoms with Crippen molar-refractivity contribution in [1.82, 2.24) is 0 Å². The molecule has 3 nitrogen and oxygen atoms in total. The van der Waals surface area contributed by atoms with Crippen LogP contribution in [0.25, 0.3) is 11.8 Å². The minimum atomic E-state index is -0.0962. The molecule has 1 aliphatic rings. The maximum atomic E-state index is 13.4. The summed E-state index contributed by atoms with van der Waals surface area (Å²) in [4.78, 5) is 15.1. The highest BCUT2D eigenvalue weighted by molar-refractivity contribution is 9.10. The van der Waals surface area contributed by atoms with Gasteiger partial charge >= 0.3 is 0 Å². The third-order valence-corrected chi connectivity index (χ3v) is 5.96. The number of amides is 1. The molecule has 4 rings (SSSR count). The van der Waals surface area contributed by atoms with E-state index in [0.717, 1.165) is 32.7 Å². The van der Waals surface area contributed by atoms with Gasteiger partial charge in [-0.2, -0.15) is 0 Å². The molecule has 3 aromatic carbocycles. The number of ether oxygens (including phenoxy) is 1. The van der Waals surface area contributed by atoms with Gasteiger partial charge in [0.05, 0.1) is 23.0 Å². The molecule has 0 aliphatic carbocycles. The number of nitrogens with zero attached hydrogens (tertiary/aromatic N) is 1. The Kier molecular flexibility index (Phi) is 6.07. The van der Waals surface area contributed by atoms with Crippen LogP contribution in [0.5, 0.6) is 5.75 Å². The van der Waals surface area contributed by atoms with E-state index in [1.54, 1.807) is 11.0 Å². The first-order chi connectivity index (χ1) is 14.6. The summed E-state index contributed by atoms with van der Waals surface area (Å²) in [6, 6.07) is 23.1. The molecule has 0 unspecified atom stereocenters. The lowest BCUT2D eigenvalue weighted by Crippen LogP contribution is -2.24. The predicted molar refractivity (Wildman–Crippen MR) is 127 cm³/mol. The summed E-state index contributed by atoms with van der Waals surface area (Å²) >= 11 is 9.72. The number of hydrogen-bond acceptors (Lipinski definition) is 2. The van der Waals surface area contributed by atoms with Gasteiger partial charge in [-0.3, -0.25) is 9.69 Å². The lowest BCUT2D eigenvalue weighted by Gasteiger charge is -2.21. The minimum Gasteiger partial charge on any atom is -0.494 e. The summed E-state index contributed by atoms with van der Waals surface area (Å²) in [5, 5.41) is 0.552. The van der Waals surface area contributed by atoms with E-state index in [1.807, 2.05) is 85.8 Å². The summed E-state index contributed by atoms with van der Waals surface area (Å²) in [7, 11) is 0. The predicted octanol–water partition coefficient (Wildman–Crippen LogP) is 6.97. The fourth-order valence-corrected chi connectivity index (χ4v) is 3.75. The minimum absolute atomic E-state index is 0.0962. The largest absolute Gasteiger partial charge is 0.494 e. The zero-order valence-corrected chi connectivity index (χ0v) is 18.7. The van der Waals surface area contributed by atoms with Crippen molar-refractivity contribution >= 4 is 50.9 Å². The Morgan fingerprint density at radius 3 is 2.43 bits per heavy atom. The molecule has 0 N–H and O–H groups in total. The van der Waals surface area contributed by atoms with Crippen molar-refractivity contribution in [3.8, 4) is 5.75 Å². The van der Waals surface area contributed by atoms with Crippen LogP contribution in [0.2, 0.25) is 5.02 Å². The molecule has 3 aromatic rings. The Morgan fingerprint density at radius 1 is 1.03 bits per heavy atom. The highest BCUT2D eigenvalue weighted by Crippen LogP contribution is 2.37. The van der Waals surface area contributed by atoms with Gasteiger partial charge in [-0.1, -0.05) is 54.1 Å². The van der Waals surface area contributed by atoms with Crippen LogP contribution in [0, 0.1) is 0 Å². The van der Waals surface area contributed by atoms with Crippen LogP contribution in [0.1, 0.15) is 18.1 Å². The van der Waals surface area contributed by atoms with Gasteiger partial charge in [-0.25, -0.2) is 0 Å². The normalized spacial score (nSPS) is 14.9. The van der Waals surface area contributed by atoms with Gasteiger partial charge in [0, 0.05) is 10.0 Å². The molecule has 0 fully saturated rings. The number of benzene rings is 3. The zero-order valence-electron chi connectivity index (χ0n) is 16.3. The van der Waals surface area contributed by atoms with Crippen LogP contribution in [-0.2, 0) is 4.79 Å². The fourth-order valence-electron chi connectivity index (χ4n) is 3.32. The topological polar surface area (TPSA) is 29.5 Å². The van der Waals surface area contributed by atoms with Gasteiger partial charge in [0.25, 0.3) is 5.91 Å². The summed E-state index contributed by atoms with van der Waals surface area (Å²) in [5.74, 6) is 0.713.